The Morgan fingerprint density at radius 1 is 1.10 bits per heavy atom. The van der Waals surface area contributed by atoms with Crippen molar-refractivity contribution in [3.05, 3.63) is 60.2 Å². The summed E-state index contributed by atoms with van der Waals surface area (Å²) in [5.74, 6) is -0.0523. The number of methoxy groups -OCH3 is 1. The molecule has 1 saturated heterocycles. The second kappa shape index (κ2) is 14.3. The second-order valence-corrected chi connectivity index (χ2v) is 13.7. The first-order chi connectivity index (χ1) is 19.7. The first-order valence-corrected chi connectivity index (χ1v) is 15.4. The molecule has 11 nitrogen and oxygen atoms in total. The Morgan fingerprint density at radius 2 is 1.74 bits per heavy atom. The molecule has 0 bridgehead atoms. The maximum atomic E-state index is 13.7. The Kier molecular flexibility index (Phi) is 11.4. The fourth-order valence-corrected chi connectivity index (χ4v) is 6.12. The number of carbonyl (C=O) groups excluding carboxylic acids is 2. The van der Waals surface area contributed by atoms with Gasteiger partial charge in [-0.25, -0.2) is 13.2 Å². The summed E-state index contributed by atoms with van der Waals surface area (Å²) in [6.45, 7) is 8.70. The molecule has 2 amide bonds. The molecule has 12 heteroatoms. The number of aliphatic hydroxyl groups excluding tert-OH is 1. The van der Waals surface area contributed by atoms with E-state index >= 15 is 0 Å². The van der Waals surface area contributed by atoms with Gasteiger partial charge in [0.05, 0.1) is 30.8 Å². The van der Waals surface area contributed by atoms with Crippen molar-refractivity contribution in [2.24, 2.45) is 5.92 Å². The number of benzene rings is 2. The minimum absolute atomic E-state index is 0.0367. The molecule has 232 valence electrons. The van der Waals surface area contributed by atoms with Crippen molar-refractivity contribution in [2.45, 2.75) is 69.7 Å². The summed E-state index contributed by atoms with van der Waals surface area (Å²) >= 11 is 0. The lowest BCUT2D eigenvalue weighted by Gasteiger charge is -2.32. The Balaban J connectivity index is 1.85. The van der Waals surface area contributed by atoms with Crippen LogP contribution in [-0.4, -0.2) is 92.1 Å². The summed E-state index contributed by atoms with van der Waals surface area (Å²) in [5.41, 5.74) is 0.0732. The van der Waals surface area contributed by atoms with E-state index in [9.17, 15) is 23.1 Å². The van der Waals surface area contributed by atoms with Gasteiger partial charge in [-0.2, -0.15) is 4.31 Å². The number of nitrogens with one attached hydrogen (secondary N) is 1. The zero-order valence-corrected chi connectivity index (χ0v) is 26.0. The number of aliphatic hydroxyl groups is 1. The van der Waals surface area contributed by atoms with E-state index in [0.29, 0.717) is 5.75 Å². The van der Waals surface area contributed by atoms with Gasteiger partial charge in [0.15, 0.2) is 0 Å². The van der Waals surface area contributed by atoms with E-state index in [1.165, 1.54) is 28.4 Å². The average molecular weight is 606 g/mol. The van der Waals surface area contributed by atoms with Gasteiger partial charge in [-0.3, -0.25) is 9.69 Å². The van der Waals surface area contributed by atoms with E-state index < -0.39 is 45.8 Å². The first kappa shape index (κ1) is 33.3. The van der Waals surface area contributed by atoms with Gasteiger partial charge < -0.3 is 24.6 Å². The van der Waals surface area contributed by atoms with Crippen LogP contribution in [0.1, 0.15) is 40.2 Å². The Bertz CT molecular complexity index is 1280. The molecule has 0 saturated carbocycles. The van der Waals surface area contributed by atoms with Crippen molar-refractivity contribution in [3.8, 4) is 5.75 Å². The van der Waals surface area contributed by atoms with E-state index in [1.54, 1.807) is 32.9 Å². The van der Waals surface area contributed by atoms with Gasteiger partial charge in [0.1, 0.15) is 24.1 Å². The number of ether oxygens (including phenoxy) is 3. The van der Waals surface area contributed by atoms with Gasteiger partial charge in [0, 0.05) is 13.1 Å². The molecule has 1 heterocycles. The van der Waals surface area contributed by atoms with Crippen LogP contribution >= 0.6 is 0 Å². The molecular formula is C30H43N3O8S. The van der Waals surface area contributed by atoms with Gasteiger partial charge in [-0.05, 0) is 62.9 Å². The van der Waals surface area contributed by atoms with Crippen molar-refractivity contribution in [2.75, 3.05) is 33.5 Å². The van der Waals surface area contributed by atoms with E-state index in [-0.39, 0.29) is 43.7 Å². The van der Waals surface area contributed by atoms with Crippen LogP contribution in [0.4, 0.5) is 4.79 Å². The van der Waals surface area contributed by atoms with E-state index in [2.05, 4.69) is 5.32 Å². The van der Waals surface area contributed by atoms with E-state index in [1.807, 2.05) is 44.2 Å². The molecule has 0 aromatic heterocycles. The molecular weight excluding hydrogens is 562 g/mol. The van der Waals surface area contributed by atoms with Gasteiger partial charge in [0.2, 0.25) is 15.9 Å². The molecule has 0 aliphatic carbocycles. The molecule has 2 aromatic carbocycles. The first-order valence-electron chi connectivity index (χ1n) is 13.9. The maximum absolute atomic E-state index is 13.7. The SMILES string of the molecule is COc1ccc(S(=O)(=O)N(CC(C)C)CC(O)C(Cc2ccccc2)NC(=O)[C@@H]2COCN2C(=O)OC(C)(C)C)cc1. The van der Waals surface area contributed by atoms with Crippen molar-refractivity contribution in [3.63, 3.8) is 0 Å². The number of hydrogen-bond acceptors (Lipinski definition) is 8. The standard InChI is InChI=1S/C30H43N3O8S/c1-21(2)17-32(42(37,38)24-14-12-23(39-6)13-15-24)18-27(34)25(16-22-10-8-7-9-11-22)31-28(35)26-19-40-20-33(26)29(36)41-30(3,4)5/h7-15,21,25-27,34H,16-20H2,1-6H3,(H,31,35)/t25?,26-,27?/m0/s1. The van der Waals surface area contributed by atoms with Gasteiger partial charge in [-0.1, -0.05) is 44.2 Å². The Labute approximate surface area is 248 Å². The van der Waals surface area contributed by atoms with Gasteiger partial charge in [-0.15, -0.1) is 0 Å². The topological polar surface area (TPSA) is 135 Å². The fraction of sp³-hybridized carbons (Fsp3) is 0.533. The molecule has 3 rings (SSSR count). The van der Waals surface area contributed by atoms with Crippen LogP contribution < -0.4 is 10.1 Å². The van der Waals surface area contributed by atoms with Crippen LogP contribution in [0.2, 0.25) is 0 Å². The summed E-state index contributed by atoms with van der Waals surface area (Å²) < 4.78 is 44.6. The molecule has 42 heavy (non-hydrogen) atoms. The highest BCUT2D eigenvalue weighted by atomic mass is 32.2. The maximum Gasteiger partial charge on any atom is 0.412 e. The highest BCUT2D eigenvalue weighted by molar-refractivity contribution is 7.89. The summed E-state index contributed by atoms with van der Waals surface area (Å²) in [4.78, 5) is 27.5. The van der Waals surface area contributed by atoms with Crippen LogP contribution in [-0.2, 0) is 30.7 Å². The summed E-state index contributed by atoms with van der Waals surface area (Å²) in [6, 6.07) is 13.5. The number of sulfonamides is 1. The van der Waals surface area contributed by atoms with Crippen LogP contribution in [0.15, 0.2) is 59.5 Å². The van der Waals surface area contributed by atoms with Gasteiger partial charge >= 0.3 is 6.09 Å². The lowest BCUT2D eigenvalue weighted by atomic mass is 10.0. The third-order valence-electron chi connectivity index (χ3n) is 6.56. The molecule has 2 aromatic rings. The zero-order chi connectivity index (χ0) is 31.1. The minimum Gasteiger partial charge on any atom is -0.497 e. The normalized spacial score (nSPS) is 17.3. The zero-order valence-electron chi connectivity index (χ0n) is 25.1. The van der Waals surface area contributed by atoms with Crippen LogP contribution in [0.25, 0.3) is 0 Å². The van der Waals surface area contributed by atoms with E-state index in [0.717, 1.165) is 5.56 Å². The quantitative estimate of drug-likeness (QED) is 0.377. The minimum atomic E-state index is -3.99. The fourth-order valence-electron chi connectivity index (χ4n) is 4.50. The predicted molar refractivity (Wildman–Crippen MR) is 157 cm³/mol. The Morgan fingerprint density at radius 3 is 2.31 bits per heavy atom. The summed E-state index contributed by atoms with van der Waals surface area (Å²) in [5, 5.41) is 14.4. The molecule has 3 atom stereocenters. The average Bonchev–Trinajstić information content (AvgIpc) is 3.42. The highest BCUT2D eigenvalue weighted by Gasteiger charge is 2.39. The number of carbonyl (C=O) groups is 2. The number of nitrogens with zero attached hydrogens (tertiary/aromatic N) is 2. The summed E-state index contributed by atoms with van der Waals surface area (Å²) in [7, 11) is -2.49. The van der Waals surface area contributed by atoms with Crippen molar-refractivity contribution in [1.29, 1.82) is 0 Å². The molecule has 1 aliphatic heterocycles. The monoisotopic (exact) mass is 605 g/mol. The third kappa shape index (κ3) is 9.15. The predicted octanol–water partition coefficient (Wildman–Crippen LogP) is 3.02. The number of rotatable bonds is 12. The largest absolute Gasteiger partial charge is 0.497 e. The molecule has 0 radical (unpaired) electrons. The van der Waals surface area contributed by atoms with Crippen molar-refractivity contribution >= 4 is 22.0 Å². The van der Waals surface area contributed by atoms with Crippen LogP contribution in [0, 0.1) is 5.92 Å². The molecule has 1 fully saturated rings. The highest BCUT2D eigenvalue weighted by Crippen LogP contribution is 2.22. The molecule has 1 aliphatic rings. The van der Waals surface area contributed by atoms with Crippen molar-refractivity contribution in [1.82, 2.24) is 14.5 Å². The van der Waals surface area contributed by atoms with Crippen LogP contribution in [0.3, 0.4) is 0 Å². The molecule has 2 unspecified atom stereocenters. The molecule has 0 spiro atoms. The number of hydrogen-bond donors (Lipinski definition) is 2. The molecule has 2 N–H and O–H groups in total. The smallest absolute Gasteiger partial charge is 0.412 e. The van der Waals surface area contributed by atoms with E-state index in [4.69, 9.17) is 14.2 Å². The lowest BCUT2D eigenvalue weighted by Crippen LogP contribution is -2.56. The van der Waals surface area contributed by atoms with Crippen molar-refractivity contribution < 1.29 is 37.3 Å². The number of amides is 2. The third-order valence-corrected chi connectivity index (χ3v) is 8.41. The second-order valence-electron chi connectivity index (χ2n) is 11.7. The lowest BCUT2D eigenvalue weighted by molar-refractivity contribution is -0.126. The Hall–Kier alpha value is -3.19. The summed E-state index contributed by atoms with van der Waals surface area (Å²) in [6.07, 6.45) is -1.74. The van der Waals surface area contributed by atoms with Crippen LogP contribution in [0.5, 0.6) is 5.75 Å². The van der Waals surface area contributed by atoms with Gasteiger partial charge in [0.25, 0.3) is 0 Å².